The quantitative estimate of drug-likeness (QED) is 0.814. The van der Waals surface area contributed by atoms with Gasteiger partial charge in [-0.05, 0) is 56.0 Å². The minimum atomic E-state index is -0.0692. The summed E-state index contributed by atoms with van der Waals surface area (Å²) in [5.74, 6) is 1.90. The van der Waals surface area contributed by atoms with Crippen LogP contribution < -0.4 is 15.2 Å². The van der Waals surface area contributed by atoms with E-state index in [-0.39, 0.29) is 11.5 Å². The van der Waals surface area contributed by atoms with Crippen LogP contribution in [0, 0.1) is 13.8 Å². The second-order valence-electron chi connectivity index (χ2n) is 8.34. The third kappa shape index (κ3) is 4.52. The molecule has 1 aromatic heterocycles. The predicted molar refractivity (Wildman–Crippen MR) is 118 cm³/mol. The summed E-state index contributed by atoms with van der Waals surface area (Å²) in [7, 11) is 1.72. The lowest BCUT2D eigenvalue weighted by molar-refractivity contribution is 0.122. The van der Waals surface area contributed by atoms with Crippen molar-refractivity contribution in [1.29, 1.82) is 0 Å². The molecule has 1 unspecified atom stereocenters. The Morgan fingerprint density at radius 3 is 2.77 bits per heavy atom. The molecule has 2 aliphatic heterocycles. The van der Waals surface area contributed by atoms with Gasteiger partial charge >= 0.3 is 0 Å². The summed E-state index contributed by atoms with van der Waals surface area (Å²) in [5.41, 5.74) is 4.67. The van der Waals surface area contributed by atoms with Crippen molar-refractivity contribution < 1.29 is 9.47 Å². The van der Waals surface area contributed by atoms with Gasteiger partial charge in [-0.2, -0.15) is 0 Å². The number of rotatable bonds is 5. The summed E-state index contributed by atoms with van der Waals surface area (Å²) in [5, 5.41) is 0. The van der Waals surface area contributed by atoms with Crippen molar-refractivity contribution in [2.75, 3.05) is 51.4 Å². The first-order valence-electron chi connectivity index (χ1n) is 10.8. The Kier molecular flexibility index (Phi) is 6.39. The Bertz CT molecular complexity index is 937. The highest BCUT2D eigenvalue weighted by Gasteiger charge is 2.25. The van der Waals surface area contributed by atoms with Gasteiger partial charge in [0.25, 0.3) is 5.56 Å². The molecule has 1 atom stereocenters. The van der Waals surface area contributed by atoms with Crippen molar-refractivity contribution in [3.63, 3.8) is 0 Å². The molecule has 1 N–H and O–H groups in total. The zero-order valence-corrected chi connectivity index (χ0v) is 18.2. The van der Waals surface area contributed by atoms with Crippen LogP contribution in [0.1, 0.15) is 41.1 Å². The van der Waals surface area contributed by atoms with Gasteiger partial charge in [0.05, 0.1) is 26.0 Å². The molecule has 0 bridgehead atoms. The molecule has 30 heavy (non-hydrogen) atoms. The Labute approximate surface area is 178 Å². The Morgan fingerprint density at radius 1 is 1.20 bits per heavy atom. The summed E-state index contributed by atoms with van der Waals surface area (Å²) >= 11 is 0. The number of methoxy groups -OCH3 is 1. The van der Waals surface area contributed by atoms with E-state index in [1.54, 1.807) is 13.2 Å². The molecule has 7 nitrogen and oxygen atoms in total. The van der Waals surface area contributed by atoms with Gasteiger partial charge in [-0.25, -0.2) is 4.98 Å². The number of likely N-dealkylation sites (tertiary alicyclic amines) is 1. The molecule has 0 amide bonds. The second-order valence-corrected chi connectivity index (χ2v) is 8.34. The summed E-state index contributed by atoms with van der Waals surface area (Å²) in [6.07, 6.45) is 2.18. The van der Waals surface area contributed by atoms with Crippen molar-refractivity contribution >= 4 is 5.95 Å². The van der Waals surface area contributed by atoms with Crippen LogP contribution in [0.4, 0.5) is 5.95 Å². The first-order valence-corrected chi connectivity index (χ1v) is 10.8. The van der Waals surface area contributed by atoms with E-state index in [9.17, 15) is 4.79 Å². The zero-order valence-electron chi connectivity index (χ0n) is 18.2. The number of hydrogen-bond acceptors (Lipinski definition) is 6. The molecule has 2 aliphatic rings. The normalized spacial score (nSPS) is 20.4. The molecular weight excluding hydrogens is 380 g/mol. The first kappa shape index (κ1) is 20.9. The molecule has 0 aliphatic carbocycles. The third-order valence-electron chi connectivity index (χ3n) is 6.45. The average molecular weight is 413 g/mol. The topological polar surface area (TPSA) is 70.7 Å². The van der Waals surface area contributed by atoms with Gasteiger partial charge in [-0.15, -0.1) is 0 Å². The van der Waals surface area contributed by atoms with E-state index in [4.69, 9.17) is 14.5 Å². The summed E-state index contributed by atoms with van der Waals surface area (Å²) in [4.78, 5) is 24.7. The molecule has 0 spiro atoms. The van der Waals surface area contributed by atoms with E-state index in [2.05, 4.69) is 40.8 Å². The monoisotopic (exact) mass is 412 g/mol. The van der Waals surface area contributed by atoms with Crippen LogP contribution in [0.25, 0.3) is 0 Å². The minimum Gasteiger partial charge on any atom is -0.496 e. The summed E-state index contributed by atoms with van der Waals surface area (Å²) < 4.78 is 10.9. The van der Waals surface area contributed by atoms with Gasteiger partial charge in [0, 0.05) is 38.2 Å². The lowest BCUT2D eigenvalue weighted by Crippen LogP contribution is -2.39. The molecular formula is C23H32N4O3. The molecule has 0 saturated carbocycles. The fourth-order valence-electron chi connectivity index (χ4n) is 4.52. The van der Waals surface area contributed by atoms with Crippen LogP contribution in [0.15, 0.2) is 23.0 Å². The third-order valence-corrected chi connectivity index (χ3v) is 6.45. The number of nitrogens with zero attached hydrogens (tertiary/aromatic N) is 3. The molecule has 2 aromatic rings. The highest BCUT2D eigenvalue weighted by atomic mass is 16.5. The van der Waals surface area contributed by atoms with Crippen molar-refractivity contribution in [1.82, 2.24) is 14.9 Å². The molecule has 3 heterocycles. The van der Waals surface area contributed by atoms with E-state index in [1.165, 1.54) is 16.7 Å². The Hall–Kier alpha value is -2.38. The molecule has 7 heteroatoms. The van der Waals surface area contributed by atoms with E-state index in [0.29, 0.717) is 19.2 Å². The SMILES string of the molecule is COc1ccc(CN2CCCC(c3cc(=O)[nH]c(N4CCOCC4)n3)C2)c(C)c1C. The van der Waals surface area contributed by atoms with Crippen LogP contribution in [-0.2, 0) is 11.3 Å². The fraction of sp³-hybridized carbons (Fsp3) is 0.565. The number of H-pyrrole nitrogens is 1. The number of nitrogens with one attached hydrogen (secondary N) is 1. The molecule has 0 radical (unpaired) electrons. The summed E-state index contributed by atoms with van der Waals surface area (Å²) in [6, 6.07) is 5.92. The maximum absolute atomic E-state index is 12.3. The van der Waals surface area contributed by atoms with E-state index in [1.807, 2.05) is 0 Å². The highest BCUT2D eigenvalue weighted by Crippen LogP contribution is 2.29. The zero-order chi connectivity index (χ0) is 21.1. The number of aromatic amines is 1. The average Bonchev–Trinajstić information content (AvgIpc) is 2.77. The smallest absolute Gasteiger partial charge is 0.252 e. The predicted octanol–water partition coefficient (Wildman–Crippen LogP) is 2.61. The lowest BCUT2D eigenvalue weighted by Gasteiger charge is -2.33. The molecule has 162 valence electrons. The minimum absolute atomic E-state index is 0.0692. The molecule has 2 saturated heterocycles. The van der Waals surface area contributed by atoms with Crippen LogP contribution in [0.5, 0.6) is 5.75 Å². The van der Waals surface area contributed by atoms with Gasteiger partial charge in [0.2, 0.25) is 5.95 Å². The summed E-state index contributed by atoms with van der Waals surface area (Å²) in [6.45, 7) is 10.1. The van der Waals surface area contributed by atoms with Gasteiger partial charge in [0.15, 0.2) is 0 Å². The van der Waals surface area contributed by atoms with Crippen LogP contribution >= 0.6 is 0 Å². The van der Waals surface area contributed by atoms with E-state index >= 15 is 0 Å². The van der Waals surface area contributed by atoms with Crippen LogP contribution in [-0.4, -0.2) is 61.4 Å². The van der Waals surface area contributed by atoms with Crippen molar-refractivity contribution in [3.8, 4) is 5.75 Å². The van der Waals surface area contributed by atoms with Crippen LogP contribution in [0.2, 0.25) is 0 Å². The number of benzene rings is 1. The number of anilines is 1. The number of aromatic nitrogens is 2. The van der Waals surface area contributed by atoms with Gasteiger partial charge in [0.1, 0.15) is 5.75 Å². The number of ether oxygens (including phenoxy) is 2. The molecule has 1 aromatic carbocycles. The number of piperidine rings is 1. The van der Waals surface area contributed by atoms with Gasteiger partial charge in [-0.1, -0.05) is 6.07 Å². The largest absolute Gasteiger partial charge is 0.496 e. The van der Waals surface area contributed by atoms with Crippen molar-refractivity contribution in [2.45, 2.75) is 39.2 Å². The maximum Gasteiger partial charge on any atom is 0.252 e. The first-order chi connectivity index (χ1) is 14.5. The molecule has 2 fully saturated rings. The Morgan fingerprint density at radius 2 is 2.00 bits per heavy atom. The fourth-order valence-corrected chi connectivity index (χ4v) is 4.52. The standard InChI is InChI=1S/C23H32N4O3/c1-16-17(2)21(29-3)7-6-18(16)14-26-8-4-5-19(15-26)20-13-22(28)25-23(24-20)27-9-11-30-12-10-27/h6-7,13,19H,4-5,8-12,14-15H2,1-3H3,(H,24,25,28). The van der Waals surface area contributed by atoms with E-state index < -0.39 is 0 Å². The maximum atomic E-state index is 12.3. The Balaban J connectivity index is 1.50. The lowest BCUT2D eigenvalue weighted by atomic mass is 9.93. The van der Waals surface area contributed by atoms with E-state index in [0.717, 1.165) is 57.0 Å². The van der Waals surface area contributed by atoms with Crippen molar-refractivity contribution in [3.05, 3.63) is 50.9 Å². The van der Waals surface area contributed by atoms with Crippen molar-refractivity contribution in [2.24, 2.45) is 0 Å². The van der Waals surface area contributed by atoms with Gasteiger partial charge < -0.3 is 14.4 Å². The van der Waals surface area contributed by atoms with Gasteiger partial charge in [-0.3, -0.25) is 14.7 Å². The number of hydrogen-bond donors (Lipinski definition) is 1. The number of morpholine rings is 1. The highest BCUT2D eigenvalue weighted by molar-refractivity contribution is 5.43. The van der Waals surface area contributed by atoms with Crippen LogP contribution in [0.3, 0.4) is 0 Å². The molecule has 4 rings (SSSR count). The second kappa shape index (κ2) is 9.18.